The van der Waals surface area contributed by atoms with Crippen LogP contribution in [0.2, 0.25) is 0 Å². The van der Waals surface area contributed by atoms with E-state index in [0.717, 1.165) is 41.0 Å². The molecule has 2 aromatic heterocycles. The van der Waals surface area contributed by atoms with E-state index in [1.54, 1.807) is 11.3 Å². The zero-order valence-electron chi connectivity index (χ0n) is 11.6. The molecule has 0 saturated heterocycles. The molecule has 2 heterocycles. The van der Waals surface area contributed by atoms with E-state index in [2.05, 4.69) is 29.1 Å². The van der Waals surface area contributed by atoms with Crippen LogP contribution in [0.15, 0.2) is 0 Å². The van der Waals surface area contributed by atoms with Gasteiger partial charge in [-0.05, 0) is 31.6 Å². The minimum Gasteiger partial charge on any atom is -0.319 e. The van der Waals surface area contributed by atoms with Gasteiger partial charge in [0.15, 0.2) is 5.82 Å². The third-order valence-electron chi connectivity index (χ3n) is 4.37. The molecule has 3 rings (SSSR count). The Morgan fingerprint density at radius 1 is 1.32 bits per heavy atom. The molecule has 6 heteroatoms. The van der Waals surface area contributed by atoms with Crippen LogP contribution in [-0.4, -0.2) is 19.8 Å². The third-order valence-corrected chi connectivity index (χ3v) is 5.49. The molecular formula is C13H21N5S. The molecule has 1 fully saturated rings. The summed E-state index contributed by atoms with van der Waals surface area (Å²) in [5.74, 6) is 1.76. The van der Waals surface area contributed by atoms with Gasteiger partial charge in [0.2, 0.25) is 4.96 Å². The van der Waals surface area contributed by atoms with Gasteiger partial charge < -0.3 is 5.73 Å². The second kappa shape index (κ2) is 4.83. The molecule has 1 saturated carbocycles. The largest absolute Gasteiger partial charge is 0.319 e. The Labute approximate surface area is 117 Å². The number of aryl methyl sites for hydroxylation is 1. The number of nitrogens with zero attached hydrogens (tertiary/aromatic N) is 4. The van der Waals surface area contributed by atoms with Crippen LogP contribution < -0.4 is 5.73 Å². The van der Waals surface area contributed by atoms with Crippen molar-refractivity contribution in [1.29, 1.82) is 0 Å². The lowest BCUT2D eigenvalue weighted by molar-refractivity contribution is 0.230. The highest BCUT2D eigenvalue weighted by atomic mass is 32.1. The fourth-order valence-corrected chi connectivity index (χ4v) is 3.91. The average Bonchev–Trinajstić information content (AvgIpc) is 2.99. The van der Waals surface area contributed by atoms with E-state index in [1.165, 1.54) is 19.3 Å². The van der Waals surface area contributed by atoms with Gasteiger partial charge in [0.05, 0.1) is 5.54 Å². The van der Waals surface area contributed by atoms with Crippen LogP contribution in [0.25, 0.3) is 4.96 Å². The Balaban J connectivity index is 1.89. The van der Waals surface area contributed by atoms with Crippen LogP contribution >= 0.6 is 11.3 Å². The van der Waals surface area contributed by atoms with Crippen LogP contribution in [-0.2, 0) is 12.0 Å². The summed E-state index contributed by atoms with van der Waals surface area (Å²) in [5, 5.41) is 14.0. The lowest BCUT2D eigenvalue weighted by Crippen LogP contribution is -2.40. The number of nitrogens with two attached hydrogens (primary N) is 1. The molecule has 104 valence electrons. The van der Waals surface area contributed by atoms with Crippen molar-refractivity contribution in [2.45, 2.75) is 57.9 Å². The molecule has 2 N–H and O–H groups in total. The molecule has 1 aliphatic carbocycles. The summed E-state index contributed by atoms with van der Waals surface area (Å²) in [6, 6.07) is 0. The second-order valence-electron chi connectivity index (χ2n) is 5.58. The van der Waals surface area contributed by atoms with E-state index in [4.69, 9.17) is 5.73 Å². The van der Waals surface area contributed by atoms with Crippen molar-refractivity contribution >= 4 is 16.3 Å². The summed E-state index contributed by atoms with van der Waals surface area (Å²) in [6.45, 7) is 4.34. The van der Waals surface area contributed by atoms with Crippen molar-refractivity contribution in [3.8, 4) is 0 Å². The van der Waals surface area contributed by atoms with Crippen LogP contribution in [0.5, 0.6) is 0 Å². The molecule has 19 heavy (non-hydrogen) atoms. The fourth-order valence-electron chi connectivity index (χ4n) is 2.89. The monoisotopic (exact) mass is 279 g/mol. The first-order valence-corrected chi connectivity index (χ1v) is 7.98. The summed E-state index contributed by atoms with van der Waals surface area (Å²) in [7, 11) is 0. The molecule has 0 bridgehead atoms. The van der Waals surface area contributed by atoms with E-state index in [9.17, 15) is 0 Å². The summed E-state index contributed by atoms with van der Waals surface area (Å²) in [6.07, 6.45) is 6.62. The van der Waals surface area contributed by atoms with Crippen molar-refractivity contribution in [3.05, 3.63) is 10.8 Å². The predicted octanol–water partition coefficient (Wildman–Crippen LogP) is 2.50. The van der Waals surface area contributed by atoms with Gasteiger partial charge >= 0.3 is 0 Å². The van der Waals surface area contributed by atoms with E-state index in [1.807, 2.05) is 4.52 Å². The van der Waals surface area contributed by atoms with Crippen LogP contribution in [0.3, 0.4) is 0 Å². The summed E-state index contributed by atoms with van der Waals surface area (Å²) < 4.78 is 1.86. The molecule has 5 nitrogen and oxygen atoms in total. The minimum atomic E-state index is -0.248. The number of hydrogen-bond acceptors (Lipinski definition) is 5. The van der Waals surface area contributed by atoms with Gasteiger partial charge in [0.25, 0.3) is 0 Å². The van der Waals surface area contributed by atoms with Crippen molar-refractivity contribution in [1.82, 2.24) is 19.8 Å². The minimum absolute atomic E-state index is 0.248. The zero-order chi connectivity index (χ0) is 13.5. The highest BCUT2D eigenvalue weighted by molar-refractivity contribution is 7.16. The van der Waals surface area contributed by atoms with Gasteiger partial charge in [-0.15, -0.1) is 10.2 Å². The van der Waals surface area contributed by atoms with Crippen molar-refractivity contribution < 1.29 is 0 Å². The van der Waals surface area contributed by atoms with Crippen molar-refractivity contribution in [3.63, 3.8) is 0 Å². The molecule has 0 spiro atoms. The number of fused-ring (bicyclic) bond motifs is 1. The molecule has 1 aliphatic rings. The Hall–Kier alpha value is -1.01. The quantitative estimate of drug-likeness (QED) is 0.937. The lowest BCUT2D eigenvalue weighted by atomic mass is 9.76. The molecule has 0 radical (unpaired) electrons. The maximum absolute atomic E-state index is 6.60. The highest BCUT2D eigenvalue weighted by Gasteiger charge is 2.36. The second-order valence-corrected chi connectivity index (χ2v) is 6.54. The summed E-state index contributed by atoms with van der Waals surface area (Å²) in [4.78, 5) is 0.870. The van der Waals surface area contributed by atoms with Crippen LogP contribution in [0.1, 0.15) is 56.8 Å². The molecular weight excluding hydrogens is 258 g/mol. The van der Waals surface area contributed by atoms with Crippen molar-refractivity contribution in [2.24, 2.45) is 11.7 Å². The smallest absolute Gasteiger partial charge is 0.234 e. The molecule has 0 amide bonds. The first kappa shape index (κ1) is 13.0. The van der Waals surface area contributed by atoms with Gasteiger partial charge in [0.1, 0.15) is 5.01 Å². The van der Waals surface area contributed by atoms with Gasteiger partial charge in [-0.25, -0.2) is 0 Å². The van der Waals surface area contributed by atoms with Crippen LogP contribution in [0.4, 0.5) is 0 Å². The zero-order valence-corrected chi connectivity index (χ0v) is 12.4. The van der Waals surface area contributed by atoms with Gasteiger partial charge in [-0.3, -0.25) is 0 Å². The Morgan fingerprint density at radius 3 is 2.68 bits per heavy atom. The first-order chi connectivity index (χ1) is 9.16. The lowest BCUT2D eigenvalue weighted by Gasteiger charge is -2.34. The van der Waals surface area contributed by atoms with Gasteiger partial charge in [-0.1, -0.05) is 31.6 Å². The molecule has 2 aromatic rings. The molecule has 0 aliphatic heterocycles. The average molecular weight is 279 g/mol. The molecule has 0 atom stereocenters. The predicted molar refractivity (Wildman–Crippen MR) is 76.2 cm³/mol. The Bertz CT molecular complexity index is 565. The number of rotatable bonds is 3. The third kappa shape index (κ3) is 2.17. The SMILES string of the molecule is CCc1nnc2sc(C3(N)CCC(CC)CC3)nn12. The normalized spacial score (nSPS) is 28.1. The highest BCUT2D eigenvalue weighted by Crippen LogP contribution is 2.39. The van der Waals surface area contributed by atoms with Crippen LogP contribution in [0, 0.1) is 5.92 Å². The maximum Gasteiger partial charge on any atom is 0.234 e. The standard InChI is InChI=1S/C13H21N5S/c1-3-9-5-7-13(14,8-6-9)11-17-18-10(4-2)15-16-12(18)19-11/h9H,3-8,14H2,1-2H3. The maximum atomic E-state index is 6.60. The Morgan fingerprint density at radius 2 is 2.05 bits per heavy atom. The van der Waals surface area contributed by atoms with Gasteiger partial charge in [-0.2, -0.15) is 9.61 Å². The first-order valence-electron chi connectivity index (χ1n) is 7.16. The van der Waals surface area contributed by atoms with Crippen molar-refractivity contribution in [2.75, 3.05) is 0 Å². The summed E-state index contributed by atoms with van der Waals surface area (Å²) >= 11 is 1.60. The van der Waals surface area contributed by atoms with E-state index >= 15 is 0 Å². The summed E-state index contributed by atoms with van der Waals surface area (Å²) in [5.41, 5.74) is 6.35. The van der Waals surface area contributed by atoms with Gasteiger partial charge in [0, 0.05) is 6.42 Å². The van der Waals surface area contributed by atoms with E-state index < -0.39 is 0 Å². The van der Waals surface area contributed by atoms with E-state index in [0.29, 0.717) is 0 Å². The topological polar surface area (TPSA) is 69.1 Å². The Kier molecular flexibility index (Phi) is 3.30. The van der Waals surface area contributed by atoms with E-state index in [-0.39, 0.29) is 5.54 Å². The molecule has 0 unspecified atom stereocenters. The fraction of sp³-hybridized carbons (Fsp3) is 0.769. The molecule has 0 aromatic carbocycles. The number of hydrogen-bond donors (Lipinski definition) is 1. The number of aromatic nitrogens is 4.